The van der Waals surface area contributed by atoms with Gasteiger partial charge in [0.15, 0.2) is 0 Å². The molecule has 0 spiro atoms. The molecule has 0 aromatic heterocycles. The number of carbonyl (C=O) groups excluding carboxylic acids is 2. The van der Waals surface area contributed by atoms with Crippen molar-refractivity contribution in [1.29, 1.82) is 0 Å². The standard InChI is InChI=1S/C17H24O5/c1-17(2,3)22-16(19)11-12(10-15(18)21-5)13-8-6-7-9-14(13)20-4/h6-9,12H,10-11H2,1-5H3. The number of benzene rings is 1. The summed E-state index contributed by atoms with van der Waals surface area (Å²) in [6.07, 6.45) is 0.183. The third-order valence-electron chi connectivity index (χ3n) is 3.05. The number of esters is 2. The fourth-order valence-electron chi connectivity index (χ4n) is 2.16. The van der Waals surface area contributed by atoms with Gasteiger partial charge in [0.2, 0.25) is 0 Å². The summed E-state index contributed by atoms with van der Waals surface area (Å²) in [6, 6.07) is 7.33. The molecule has 0 aliphatic carbocycles. The second-order valence-electron chi connectivity index (χ2n) is 6.01. The van der Waals surface area contributed by atoms with Gasteiger partial charge in [-0.25, -0.2) is 0 Å². The van der Waals surface area contributed by atoms with Crippen molar-refractivity contribution >= 4 is 11.9 Å². The van der Waals surface area contributed by atoms with Gasteiger partial charge in [-0.2, -0.15) is 0 Å². The Morgan fingerprint density at radius 1 is 1.05 bits per heavy atom. The Morgan fingerprint density at radius 2 is 1.64 bits per heavy atom. The molecule has 0 aliphatic heterocycles. The summed E-state index contributed by atoms with van der Waals surface area (Å²) in [7, 11) is 2.89. The normalized spacial score (nSPS) is 12.4. The van der Waals surface area contributed by atoms with E-state index < -0.39 is 5.60 Å². The molecule has 1 unspecified atom stereocenters. The zero-order valence-corrected chi connectivity index (χ0v) is 13.8. The zero-order valence-electron chi connectivity index (χ0n) is 13.8. The van der Waals surface area contributed by atoms with Crippen molar-refractivity contribution in [1.82, 2.24) is 0 Å². The van der Waals surface area contributed by atoms with Crippen molar-refractivity contribution in [2.75, 3.05) is 14.2 Å². The average molecular weight is 308 g/mol. The smallest absolute Gasteiger partial charge is 0.306 e. The fraction of sp³-hybridized carbons (Fsp3) is 0.529. The minimum atomic E-state index is -0.562. The van der Waals surface area contributed by atoms with Gasteiger partial charge in [0, 0.05) is 5.92 Å². The molecule has 5 nitrogen and oxygen atoms in total. The molecule has 0 fully saturated rings. The van der Waals surface area contributed by atoms with Gasteiger partial charge in [-0.1, -0.05) is 18.2 Å². The van der Waals surface area contributed by atoms with Crippen LogP contribution in [0.1, 0.15) is 45.1 Å². The molecule has 0 saturated carbocycles. The highest BCUT2D eigenvalue weighted by atomic mass is 16.6. The largest absolute Gasteiger partial charge is 0.496 e. The maximum absolute atomic E-state index is 12.1. The number of hydrogen-bond acceptors (Lipinski definition) is 5. The Labute approximate surface area is 131 Å². The Hall–Kier alpha value is -2.04. The lowest BCUT2D eigenvalue weighted by atomic mass is 9.91. The predicted octanol–water partition coefficient (Wildman–Crippen LogP) is 3.07. The van der Waals surface area contributed by atoms with Crippen LogP contribution in [0.2, 0.25) is 0 Å². The highest BCUT2D eigenvalue weighted by molar-refractivity contribution is 5.75. The van der Waals surface area contributed by atoms with Crippen LogP contribution >= 0.6 is 0 Å². The molecule has 5 heteroatoms. The maximum atomic E-state index is 12.1. The van der Waals surface area contributed by atoms with Crippen LogP contribution in [0.15, 0.2) is 24.3 Å². The Kier molecular flexibility index (Phi) is 6.40. The van der Waals surface area contributed by atoms with E-state index in [2.05, 4.69) is 0 Å². The molecule has 0 aliphatic rings. The lowest BCUT2D eigenvalue weighted by Gasteiger charge is -2.23. The number of ether oxygens (including phenoxy) is 3. The second kappa shape index (κ2) is 7.82. The second-order valence-corrected chi connectivity index (χ2v) is 6.01. The number of carbonyl (C=O) groups is 2. The number of rotatable bonds is 6. The van der Waals surface area contributed by atoms with Gasteiger partial charge in [0.05, 0.1) is 27.1 Å². The molecular formula is C17H24O5. The van der Waals surface area contributed by atoms with E-state index in [0.717, 1.165) is 5.56 Å². The third kappa shape index (κ3) is 5.76. The fourth-order valence-corrected chi connectivity index (χ4v) is 2.16. The minimum Gasteiger partial charge on any atom is -0.496 e. The van der Waals surface area contributed by atoms with Gasteiger partial charge in [-0.15, -0.1) is 0 Å². The molecular weight excluding hydrogens is 284 g/mol. The molecule has 22 heavy (non-hydrogen) atoms. The van der Waals surface area contributed by atoms with E-state index >= 15 is 0 Å². The predicted molar refractivity (Wildman–Crippen MR) is 82.8 cm³/mol. The lowest BCUT2D eigenvalue weighted by Crippen LogP contribution is -2.25. The minimum absolute atomic E-state index is 0.0900. The molecule has 1 atom stereocenters. The van der Waals surface area contributed by atoms with E-state index in [1.165, 1.54) is 7.11 Å². The zero-order chi connectivity index (χ0) is 16.8. The summed E-state index contributed by atoms with van der Waals surface area (Å²) in [5, 5.41) is 0. The molecule has 0 saturated heterocycles. The van der Waals surface area contributed by atoms with Gasteiger partial charge in [0.25, 0.3) is 0 Å². The molecule has 0 radical (unpaired) electrons. The van der Waals surface area contributed by atoms with Crippen LogP contribution in [0.4, 0.5) is 0 Å². The van der Waals surface area contributed by atoms with E-state index in [0.29, 0.717) is 5.75 Å². The van der Waals surface area contributed by atoms with Crippen molar-refractivity contribution in [2.24, 2.45) is 0 Å². The summed E-state index contributed by atoms with van der Waals surface area (Å²) >= 11 is 0. The summed E-state index contributed by atoms with van der Waals surface area (Å²) in [5.41, 5.74) is 0.231. The average Bonchev–Trinajstić information content (AvgIpc) is 2.44. The van der Waals surface area contributed by atoms with Crippen LogP contribution in [0, 0.1) is 0 Å². The van der Waals surface area contributed by atoms with Gasteiger partial charge in [-0.3, -0.25) is 9.59 Å². The maximum Gasteiger partial charge on any atom is 0.306 e. The van der Waals surface area contributed by atoms with Crippen molar-refractivity contribution in [3.8, 4) is 5.75 Å². The highest BCUT2D eigenvalue weighted by Gasteiger charge is 2.25. The first-order valence-corrected chi connectivity index (χ1v) is 7.18. The SMILES string of the molecule is COC(=O)CC(CC(=O)OC(C)(C)C)c1ccccc1OC. The van der Waals surface area contributed by atoms with Crippen LogP contribution in [-0.4, -0.2) is 31.8 Å². The van der Waals surface area contributed by atoms with Gasteiger partial charge in [-0.05, 0) is 32.4 Å². The van der Waals surface area contributed by atoms with E-state index in [1.54, 1.807) is 13.2 Å². The molecule has 0 amide bonds. The summed E-state index contributed by atoms with van der Waals surface area (Å²) in [5.74, 6) is -0.440. The number of methoxy groups -OCH3 is 2. The van der Waals surface area contributed by atoms with Crippen molar-refractivity contribution < 1.29 is 23.8 Å². The monoisotopic (exact) mass is 308 g/mol. The van der Waals surface area contributed by atoms with E-state index in [4.69, 9.17) is 14.2 Å². The molecule has 1 aromatic rings. The Morgan fingerprint density at radius 3 is 2.18 bits per heavy atom. The number of hydrogen-bond donors (Lipinski definition) is 0. The molecule has 0 bridgehead atoms. The molecule has 1 rings (SSSR count). The van der Waals surface area contributed by atoms with E-state index in [-0.39, 0.29) is 30.7 Å². The van der Waals surface area contributed by atoms with Crippen LogP contribution in [0.3, 0.4) is 0 Å². The highest BCUT2D eigenvalue weighted by Crippen LogP contribution is 2.32. The first-order valence-electron chi connectivity index (χ1n) is 7.18. The topological polar surface area (TPSA) is 61.8 Å². The Balaban J connectivity index is 2.98. The quantitative estimate of drug-likeness (QED) is 0.756. The van der Waals surface area contributed by atoms with E-state index in [1.807, 2.05) is 39.0 Å². The van der Waals surface area contributed by atoms with E-state index in [9.17, 15) is 9.59 Å². The van der Waals surface area contributed by atoms with Crippen molar-refractivity contribution in [3.63, 3.8) is 0 Å². The van der Waals surface area contributed by atoms with Crippen molar-refractivity contribution in [3.05, 3.63) is 29.8 Å². The molecule has 1 aromatic carbocycles. The summed E-state index contributed by atoms with van der Waals surface area (Å²) in [6.45, 7) is 5.43. The summed E-state index contributed by atoms with van der Waals surface area (Å²) in [4.78, 5) is 23.7. The molecule has 0 heterocycles. The van der Waals surface area contributed by atoms with Crippen LogP contribution in [-0.2, 0) is 19.1 Å². The van der Waals surface area contributed by atoms with Gasteiger partial charge in [0.1, 0.15) is 11.4 Å². The van der Waals surface area contributed by atoms with Gasteiger partial charge >= 0.3 is 11.9 Å². The van der Waals surface area contributed by atoms with Crippen LogP contribution < -0.4 is 4.74 Å². The molecule has 122 valence electrons. The third-order valence-corrected chi connectivity index (χ3v) is 3.05. The van der Waals surface area contributed by atoms with Crippen LogP contribution in [0.25, 0.3) is 0 Å². The Bertz CT molecular complexity index is 516. The molecule has 0 N–H and O–H groups in total. The summed E-state index contributed by atoms with van der Waals surface area (Å²) < 4.78 is 15.4. The number of para-hydroxylation sites is 1. The van der Waals surface area contributed by atoms with Gasteiger partial charge < -0.3 is 14.2 Å². The first kappa shape index (κ1) is 18.0. The van der Waals surface area contributed by atoms with Crippen LogP contribution in [0.5, 0.6) is 5.75 Å². The lowest BCUT2D eigenvalue weighted by molar-refractivity contribution is -0.155. The van der Waals surface area contributed by atoms with Crippen molar-refractivity contribution in [2.45, 2.75) is 45.1 Å². The first-order chi connectivity index (χ1) is 10.3.